The Morgan fingerprint density at radius 2 is 1.13 bits per heavy atom. The van der Waals surface area contributed by atoms with E-state index in [9.17, 15) is 22.9 Å². The van der Waals surface area contributed by atoms with Gasteiger partial charge in [0.15, 0.2) is 34.0 Å². The quantitative estimate of drug-likeness (QED) is 0.0172. The first-order chi connectivity index (χ1) is 37.3. The Bertz CT molecular complexity index is 3130. The van der Waals surface area contributed by atoms with Crippen molar-refractivity contribution in [2.24, 2.45) is 5.73 Å². The number of nitrogens with zero attached hydrogens (tertiary/aromatic N) is 8. The number of carboxylic acid groups (broad SMARTS) is 1. The summed E-state index contributed by atoms with van der Waals surface area (Å²) in [6.07, 6.45) is 16.2. The molecule has 0 radical (unpaired) electrons. The zero-order valence-electron chi connectivity index (χ0n) is 43.8. The number of nitrogens with one attached hydrogen (secondary N) is 1. The van der Waals surface area contributed by atoms with Crippen molar-refractivity contribution in [3.05, 3.63) is 94.6 Å². The number of hydrogen-bond donors (Lipinski definition) is 7. The molecule has 24 nitrogen and oxygen atoms in total. The van der Waals surface area contributed by atoms with Crippen LogP contribution < -0.4 is 34.0 Å². The van der Waals surface area contributed by atoms with Gasteiger partial charge in [-0.05, 0) is 75.9 Å². The third-order valence-electron chi connectivity index (χ3n) is 10.6. The molecule has 2 aromatic carbocycles. The van der Waals surface area contributed by atoms with Gasteiger partial charge >= 0.3 is 21.2 Å². The summed E-state index contributed by atoms with van der Waals surface area (Å²) in [5, 5.41) is 11.7. The number of aromatic nitrogens is 8. The molecule has 4 heterocycles. The Morgan fingerprint density at radius 3 is 1.54 bits per heavy atom. The molecule has 0 bridgehead atoms. The average Bonchev–Trinajstić information content (AvgIpc) is 3.39. The van der Waals surface area contributed by atoms with Crippen LogP contribution in [0.3, 0.4) is 0 Å². The number of aromatic carboxylic acids is 1. The molecule has 418 valence electrons. The molecule has 78 heavy (non-hydrogen) atoms. The van der Waals surface area contributed by atoms with Crippen LogP contribution in [0.5, 0.6) is 0 Å². The minimum atomic E-state index is -3.41. The molecule has 0 aliphatic heterocycles. The van der Waals surface area contributed by atoms with E-state index in [2.05, 4.69) is 57.0 Å². The van der Waals surface area contributed by atoms with Gasteiger partial charge in [0.1, 0.15) is 5.49 Å². The van der Waals surface area contributed by atoms with Crippen LogP contribution in [0.4, 0.5) is 23.5 Å². The van der Waals surface area contributed by atoms with E-state index < -0.39 is 32.0 Å². The summed E-state index contributed by atoms with van der Waals surface area (Å²) >= 11 is 1.50. The minimum Gasteiger partial charge on any atom is -0.478 e. The minimum absolute atomic E-state index is 0.0265. The molecule has 6 aromatic rings. The van der Waals surface area contributed by atoms with Gasteiger partial charge < -0.3 is 57.2 Å². The van der Waals surface area contributed by atoms with Crippen LogP contribution >= 0.6 is 27.0 Å². The Hall–Kier alpha value is -6.70. The summed E-state index contributed by atoms with van der Waals surface area (Å²) in [5.41, 5.74) is 33.7. The normalized spacial score (nSPS) is 12.4. The van der Waals surface area contributed by atoms with Gasteiger partial charge in [0.2, 0.25) is 11.9 Å². The van der Waals surface area contributed by atoms with Crippen molar-refractivity contribution in [3.63, 3.8) is 0 Å². The van der Waals surface area contributed by atoms with Crippen molar-refractivity contribution in [2.45, 2.75) is 65.2 Å². The fourth-order valence-electron chi connectivity index (χ4n) is 7.26. The average molecular weight is 1150 g/mol. The van der Waals surface area contributed by atoms with Crippen LogP contribution in [-0.2, 0) is 50.9 Å². The number of nitrogen functional groups attached to an aromatic ring is 4. The van der Waals surface area contributed by atoms with Gasteiger partial charge in [0, 0.05) is 65.6 Å². The fourth-order valence-corrected chi connectivity index (χ4v) is 14.0. The number of anilines is 4. The molecule has 4 aromatic heterocycles. The van der Waals surface area contributed by atoms with Crippen molar-refractivity contribution in [3.8, 4) is 24.7 Å². The van der Waals surface area contributed by atoms with Crippen LogP contribution in [0.2, 0.25) is 0 Å². The molecule has 0 fully saturated rings. The largest absolute Gasteiger partial charge is 0.478 e. The van der Waals surface area contributed by atoms with Crippen molar-refractivity contribution < 1.29 is 46.1 Å². The van der Waals surface area contributed by atoms with E-state index in [1.54, 1.807) is 76.5 Å². The van der Waals surface area contributed by atoms with Crippen molar-refractivity contribution >= 4 is 95.5 Å². The maximum Gasteiger partial charge on any atom is 0.343 e. The number of nitrogens with two attached hydrogens (primary N) is 5. The molecule has 0 spiro atoms. The maximum atomic E-state index is 12.6. The van der Waals surface area contributed by atoms with Gasteiger partial charge in [-0.15, -0.1) is 36.4 Å². The molecule has 3 unspecified atom stereocenters. The van der Waals surface area contributed by atoms with Crippen LogP contribution in [0.15, 0.2) is 60.9 Å². The van der Waals surface area contributed by atoms with Crippen LogP contribution in [-0.4, -0.2) is 123 Å². The van der Waals surface area contributed by atoms with Gasteiger partial charge in [-0.2, -0.15) is 19.9 Å². The van der Waals surface area contributed by atoms with E-state index in [0.29, 0.717) is 90.2 Å². The molecular formula is C50H66N14O10P2S2. The molecule has 0 aliphatic carbocycles. The fraction of sp³-hybridized carbons (Fsp3) is 0.400. The van der Waals surface area contributed by atoms with E-state index in [4.69, 9.17) is 64.7 Å². The molecule has 12 N–H and O–H groups in total. The van der Waals surface area contributed by atoms with Crippen LogP contribution in [0, 0.1) is 24.7 Å². The number of amides is 1. The van der Waals surface area contributed by atoms with Gasteiger partial charge in [0.25, 0.3) is 5.91 Å². The summed E-state index contributed by atoms with van der Waals surface area (Å²) in [5.74, 6) is 5.22. The number of carboxylic acids is 1. The molecule has 1 amide bonds. The van der Waals surface area contributed by atoms with E-state index in [1.807, 2.05) is 12.1 Å². The summed E-state index contributed by atoms with van der Waals surface area (Å²) in [4.78, 5) is 57.0. The van der Waals surface area contributed by atoms with Crippen molar-refractivity contribution in [2.75, 3.05) is 84.9 Å². The van der Waals surface area contributed by atoms with E-state index in [1.165, 1.54) is 11.8 Å². The highest BCUT2D eigenvalue weighted by atomic mass is 32.2. The smallest absolute Gasteiger partial charge is 0.343 e. The summed E-state index contributed by atoms with van der Waals surface area (Å²) in [7, 11) is -7.74. The number of hydrogen-bond acceptors (Lipinski definition) is 23. The lowest BCUT2D eigenvalue weighted by atomic mass is 9.91. The van der Waals surface area contributed by atoms with E-state index in [0.717, 1.165) is 16.9 Å². The number of terminal acetylenes is 2. The highest BCUT2D eigenvalue weighted by Gasteiger charge is 2.27. The summed E-state index contributed by atoms with van der Waals surface area (Å²) < 4.78 is 57.2. The molecular weight excluding hydrogens is 1080 g/mol. The highest BCUT2D eigenvalue weighted by Crippen LogP contribution is 2.51. The predicted octanol–water partition coefficient (Wildman–Crippen LogP) is 6.17. The lowest BCUT2D eigenvalue weighted by Crippen LogP contribution is -2.28. The number of carbonyl (C=O) groups excluding carboxylic acids is 1. The van der Waals surface area contributed by atoms with Crippen LogP contribution in [0.25, 0.3) is 22.3 Å². The SMILES string of the molecule is C#CCC(Cc1cnc2nc(N)nc(N)c2n1)c1ccc(C(=O)NCCS(=O)CP(=O)(OCC)OCC)cc1.C#CCC(Cc1cnc2nc(N)nc(N)c2n1)c1ccc(C(=O)O)cc1.CCOP(=O)(CSCCN)OCC. The number of rotatable bonds is 27. The Morgan fingerprint density at radius 1 is 0.692 bits per heavy atom. The molecule has 6 rings (SSSR count). The zero-order chi connectivity index (χ0) is 57.3. The number of thioether (sulfide) groups is 1. The zero-order valence-corrected chi connectivity index (χ0v) is 47.2. The lowest BCUT2D eigenvalue weighted by Gasteiger charge is -2.16. The Labute approximate surface area is 459 Å². The topological polar surface area (TPSA) is 388 Å². The highest BCUT2D eigenvalue weighted by molar-refractivity contribution is 8.04. The number of benzene rings is 2. The second-order valence-corrected chi connectivity index (χ2v) is 24.1. The van der Waals surface area contributed by atoms with Gasteiger partial charge in [-0.3, -0.25) is 18.1 Å². The van der Waals surface area contributed by atoms with E-state index in [-0.39, 0.29) is 77.8 Å². The number of fused-ring (bicyclic) bond motifs is 2. The van der Waals surface area contributed by atoms with Gasteiger partial charge in [0.05, 0.1) is 61.3 Å². The van der Waals surface area contributed by atoms with E-state index >= 15 is 0 Å². The number of carbonyl (C=O) groups is 2. The second kappa shape index (κ2) is 32.3. The summed E-state index contributed by atoms with van der Waals surface area (Å²) in [6, 6.07) is 13.7. The third kappa shape index (κ3) is 20.3. The molecule has 0 saturated heterocycles. The standard InChI is InChI=1S/C25H32N7O5PS.C18H16N6O2.C7H18NO3PS/c1-4-7-19(14-20-15-29-23-21(30-20)22(26)31-25(27)32-23)17-8-10-18(11-9-17)24(33)28-12-13-39(35)16-38(34,36-5-2)37-6-3;1-2-3-12(10-4-6-11(7-5-10)17(25)26)8-13-9-21-16-14(22-13)15(19)23-18(20)24-16;1-3-10-12(9,11-4-2)7-13-6-5-8/h1,8-11,15,19H,5-7,12-14,16H2,2-3H3,(H,28,33)(H4,26,27,29,31,32);1,4-7,9,12H,3,8H2,(H,25,26)(H4,19,20,21,23,24);3-8H2,1-2H3. The first-order valence-corrected chi connectivity index (χ1v) is 30.5. The maximum absolute atomic E-state index is 12.6. The van der Waals surface area contributed by atoms with Crippen LogP contribution in [0.1, 0.15) is 95.6 Å². The Kier molecular flexibility index (Phi) is 26.4. The third-order valence-corrected chi connectivity index (χ3v) is 18.8. The molecule has 0 saturated carbocycles. The van der Waals surface area contributed by atoms with Gasteiger partial charge in [-0.25, -0.2) is 24.7 Å². The van der Waals surface area contributed by atoms with Gasteiger partial charge in [-0.1, -0.05) is 24.3 Å². The molecule has 0 aliphatic rings. The predicted molar refractivity (Wildman–Crippen MR) is 306 cm³/mol. The lowest BCUT2D eigenvalue weighted by molar-refractivity contribution is 0.0696. The van der Waals surface area contributed by atoms with Crippen molar-refractivity contribution in [1.82, 2.24) is 45.2 Å². The molecule has 28 heteroatoms. The monoisotopic (exact) mass is 1150 g/mol. The van der Waals surface area contributed by atoms with Crippen molar-refractivity contribution in [1.29, 1.82) is 0 Å². The Balaban J connectivity index is 0.000000287. The summed E-state index contributed by atoms with van der Waals surface area (Å²) in [6.45, 7) is 8.94. The first-order valence-electron chi connectivity index (χ1n) is 24.4. The first kappa shape index (κ1) is 63.8. The second-order valence-electron chi connectivity index (χ2n) is 16.4. The molecule has 3 atom stereocenters.